The predicted octanol–water partition coefficient (Wildman–Crippen LogP) is 1.17. The molecule has 1 heterocycles. The molecule has 0 N–H and O–H groups in total. The fourth-order valence-corrected chi connectivity index (χ4v) is 1.42. The summed E-state index contributed by atoms with van der Waals surface area (Å²) >= 11 is 3.26. The van der Waals surface area contributed by atoms with E-state index in [0.717, 1.165) is 17.6 Å². The van der Waals surface area contributed by atoms with Crippen LogP contribution in [-0.2, 0) is 4.79 Å². The van der Waals surface area contributed by atoms with Gasteiger partial charge >= 0.3 is 0 Å². The maximum Gasteiger partial charge on any atom is 0.148 e. The number of halogens is 1. The molecule has 0 unspecified atom stereocenters. The van der Waals surface area contributed by atoms with Gasteiger partial charge in [0, 0.05) is 24.0 Å². The molecule has 56 valence electrons. The molecule has 0 aromatic rings. The summed E-state index contributed by atoms with van der Waals surface area (Å²) in [6, 6.07) is 0. The third-order valence-electron chi connectivity index (χ3n) is 1.50. The van der Waals surface area contributed by atoms with Gasteiger partial charge in [0.25, 0.3) is 0 Å². The largest absolute Gasteiger partial charge is 0.298 e. The molecule has 0 amide bonds. The molecule has 1 rings (SSSR count). The van der Waals surface area contributed by atoms with Crippen molar-refractivity contribution in [3.8, 4) is 0 Å². The van der Waals surface area contributed by atoms with Crippen molar-refractivity contribution < 1.29 is 4.79 Å². The van der Waals surface area contributed by atoms with Crippen LogP contribution in [0.25, 0.3) is 0 Å². The van der Waals surface area contributed by atoms with Crippen LogP contribution in [-0.4, -0.2) is 30.3 Å². The number of hydrogen-bond acceptors (Lipinski definition) is 2. The lowest BCUT2D eigenvalue weighted by molar-refractivity contribution is -0.116. The first kappa shape index (κ1) is 7.95. The molecule has 0 saturated carbocycles. The molecule has 0 atom stereocenters. The van der Waals surface area contributed by atoms with E-state index in [0.29, 0.717) is 18.7 Å². The van der Waals surface area contributed by atoms with Crippen LogP contribution in [0.15, 0.2) is 11.1 Å². The predicted molar refractivity (Wildman–Crippen MR) is 44.1 cm³/mol. The summed E-state index contributed by atoms with van der Waals surface area (Å²) in [5, 5.41) is 0. The van der Waals surface area contributed by atoms with Gasteiger partial charge in [-0.05, 0) is 0 Å². The number of hydrogen-bond donors (Lipinski definition) is 0. The van der Waals surface area contributed by atoms with Gasteiger partial charge in [-0.3, -0.25) is 9.69 Å². The Kier molecular flexibility index (Phi) is 2.63. The molecule has 3 heteroatoms. The third-order valence-corrected chi connectivity index (χ3v) is 1.75. The maximum atomic E-state index is 10.7. The number of rotatable bonds is 2. The van der Waals surface area contributed by atoms with E-state index in [9.17, 15) is 4.79 Å². The standard InChI is InChI=1S/C7H10BrNO/c1-6(8)4-9-3-2-7(10)5-9/h1-5H2. The van der Waals surface area contributed by atoms with Gasteiger partial charge in [-0.15, -0.1) is 0 Å². The van der Waals surface area contributed by atoms with Gasteiger partial charge in [-0.25, -0.2) is 0 Å². The van der Waals surface area contributed by atoms with Crippen molar-refractivity contribution in [3.63, 3.8) is 0 Å². The molecule has 1 aliphatic heterocycles. The average Bonchev–Trinajstić information content (AvgIpc) is 2.13. The zero-order valence-corrected chi connectivity index (χ0v) is 7.35. The Hall–Kier alpha value is -0.150. The van der Waals surface area contributed by atoms with E-state index in [4.69, 9.17) is 0 Å². The second-order valence-electron chi connectivity index (χ2n) is 2.52. The van der Waals surface area contributed by atoms with Gasteiger partial charge in [0.2, 0.25) is 0 Å². The molecule has 1 saturated heterocycles. The van der Waals surface area contributed by atoms with Crippen LogP contribution in [0, 0.1) is 0 Å². The van der Waals surface area contributed by atoms with Gasteiger partial charge in [0.15, 0.2) is 0 Å². The fourth-order valence-electron chi connectivity index (χ4n) is 1.07. The van der Waals surface area contributed by atoms with Crippen molar-refractivity contribution in [1.82, 2.24) is 4.90 Å². The minimum Gasteiger partial charge on any atom is -0.298 e. The molecule has 0 aromatic carbocycles. The van der Waals surface area contributed by atoms with Gasteiger partial charge in [-0.1, -0.05) is 22.5 Å². The normalized spacial score (nSPS) is 19.9. The fraction of sp³-hybridized carbons (Fsp3) is 0.571. The van der Waals surface area contributed by atoms with Crippen LogP contribution in [0.5, 0.6) is 0 Å². The minimum atomic E-state index is 0.341. The van der Waals surface area contributed by atoms with Crippen LogP contribution in [0.3, 0.4) is 0 Å². The SMILES string of the molecule is C=C(Br)CN1CCC(=O)C1. The highest BCUT2D eigenvalue weighted by Crippen LogP contribution is 2.09. The second-order valence-corrected chi connectivity index (χ2v) is 3.64. The number of likely N-dealkylation sites (tertiary alicyclic amines) is 1. The molecule has 0 aromatic heterocycles. The molecular formula is C7H10BrNO. The zero-order valence-electron chi connectivity index (χ0n) is 5.77. The highest BCUT2D eigenvalue weighted by molar-refractivity contribution is 9.11. The summed E-state index contributed by atoms with van der Waals surface area (Å²) < 4.78 is 0.946. The second kappa shape index (κ2) is 3.30. The highest BCUT2D eigenvalue weighted by atomic mass is 79.9. The monoisotopic (exact) mass is 203 g/mol. The van der Waals surface area contributed by atoms with Crippen molar-refractivity contribution >= 4 is 21.7 Å². The summed E-state index contributed by atoms with van der Waals surface area (Å²) in [6.07, 6.45) is 0.709. The maximum absolute atomic E-state index is 10.7. The summed E-state index contributed by atoms with van der Waals surface area (Å²) in [7, 11) is 0. The molecule has 10 heavy (non-hydrogen) atoms. The first-order chi connectivity index (χ1) is 4.68. The summed E-state index contributed by atoms with van der Waals surface area (Å²) in [5.74, 6) is 0.341. The van der Waals surface area contributed by atoms with Crippen LogP contribution in [0.4, 0.5) is 0 Å². The molecular weight excluding hydrogens is 194 g/mol. The molecule has 0 bridgehead atoms. The van der Waals surface area contributed by atoms with Gasteiger partial charge in [0.1, 0.15) is 5.78 Å². The van der Waals surface area contributed by atoms with Crippen LogP contribution < -0.4 is 0 Å². The number of carbonyl (C=O) groups excluding carboxylic acids is 1. The smallest absolute Gasteiger partial charge is 0.148 e. The first-order valence-electron chi connectivity index (χ1n) is 3.26. The van der Waals surface area contributed by atoms with Crippen molar-refractivity contribution in [1.29, 1.82) is 0 Å². The van der Waals surface area contributed by atoms with Gasteiger partial charge in [0.05, 0.1) is 6.54 Å². The Morgan fingerprint density at radius 2 is 2.50 bits per heavy atom. The summed E-state index contributed by atoms with van der Waals surface area (Å²) in [5.41, 5.74) is 0. The van der Waals surface area contributed by atoms with Crippen molar-refractivity contribution in [2.75, 3.05) is 19.6 Å². The number of Topliss-reactive ketones (excluding diaryl/α,β-unsaturated/α-hetero) is 1. The average molecular weight is 204 g/mol. The Balaban J connectivity index is 2.31. The number of nitrogens with zero attached hydrogens (tertiary/aromatic N) is 1. The Bertz CT molecular complexity index is 167. The molecule has 0 radical (unpaired) electrons. The van der Waals surface area contributed by atoms with E-state index in [1.54, 1.807) is 0 Å². The van der Waals surface area contributed by atoms with E-state index in [1.807, 2.05) is 0 Å². The molecule has 1 aliphatic rings. The Labute approximate surface area is 69.0 Å². The lowest BCUT2D eigenvalue weighted by Gasteiger charge is -2.11. The molecule has 2 nitrogen and oxygen atoms in total. The van der Waals surface area contributed by atoms with Crippen LogP contribution in [0.1, 0.15) is 6.42 Å². The van der Waals surface area contributed by atoms with Crippen molar-refractivity contribution in [2.24, 2.45) is 0 Å². The van der Waals surface area contributed by atoms with Crippen LogP contribution >= 0.6 is 15.9 Å². The van der Waals surface area contributed by atoms with E-state index >= 15 is 0 Å². The molecule has 0 spiro atoms. The van der Waals surface area contributed by atoms with E-state index in [2.05, 4.69) is 27.4 Å². The van der Waals surface area contributed by atoms with Gasteiger partial charge in [-0.2, -0.15) is 0 Å². The van der Waals surface area contributed by atoms with Crippen LogP contribution in [0.2, 0.25) is 0 Å². The van der Waals surface area contributed by atoms with Gasteiger partial charge < -0.3 is 0 Å². The molecule has 0 aliphatic carbocycles. The minimum absolute atomic E-state index is 0.341. The highest BCUT2D eigenvalue weighted by Gasteiger charge is 2.18. The summed E-state index contributed by atoms with van der Waals surface area (Å²) in [6.45, 7) is 6.00. The Morgan fingerprint density at radius 1 is 1.80 bits per heavy atom. The zero-order chi connectivity index (χ0) is 7.56. The van der Waals surface area contributed by atoms with E-state index in [-0.39, 0.29) is 0 Å². The first-order valence-corrected chi connectivity index (χ1v) is 4.05. The lowest BCUT2D eigenvalue weighted by atomic mass is 10.4. The quantitative estimate of drug-likeness (QED) is 0.672. The van der Waals surface area contributed by atoms with E-state index in [1.165, 1.54) is 0 Å². The van der Waals surface area contributed by atoms with Crippen molar-refractivity contribution in [3.05, 3.63) is 11.1 Å². The molecule has 1 fully saturated rings. The lowest BCUT2D eigenvalue weighted by Crippen LogP contribution is -2.21. The Morgan fingerprint density at radius 3 is 2.90 bits per heavy atom. The topological polar surface area (TPSA) is 20.3 Å². The van der Waals surface area contributed by atoms with E-state index < -0.39 is 0 Å². The number of ketones is 1. The van der Waals surface area contributed by atoms with Crippen molar-refractivity contribution in [2.45, 2.75) is 6.42 Å². The third kappa shape index (κ3) is 2.23. The number of carbonyl (C=O) groups is 1. The summed E-state index contributed by atoms with van der Waals surface area (Å²) in [4.78, 5) is 12.8.